The highest BCUT2D eigenvalue weighted by Gasteiger charge is 2.11. The molecule has 0 atom stereocenters. The summed E-state index contributed by atoms with van der Waals surface area (Å²) in [6, 6.07) is 15.6. The summed E-state index contributed by atoms with van der Waals surface area (Å²) in [5.41, 5.74) is 5.54. The number of halogens is 4. The summed E-state index contributed by atoms with van der Waals surface area (Å²) < 4.78 is 6.45. The second kappa shape index (κ2) is 10.9. The molecular weight excluding hydrogens is 525 g/mol. The number of hydrazone groups is 1. The normalized spacial score (nSPS) is 10.9. The van der Waals surface area contributed by atoms with Crippen LogP contribution in [0.2, 0.25) is 15.1 Å². The monoisotopic (exact) mass is 539 g/mol. The molecule has 0 aliphatic carbocycles. The smallest absolute Gasteiger partial charge is 0.339 e. The van der Waals surface area contributed by atoms with Crippen molar-refractivity contribution in [3.8, 4) is 5.75 Å². The van der Waals surface area contributed by atoms with E-state index in [0.717, 1.165) is 11.1 Å². The van der Waals surface area contributed by atoms with E-state index >= 15 is 0 Å². The van der Waals surface area contributed by atoms with Crippen LogP contribution in [-0.4, -0.2) is 12.2 Å². The Bertz CT molecular complexity index is 1120. The molecule has 2 amide bonds. The van der Waals surface area contributed by atoms with E-state index in [1.807, 2.05) is 31.2 Å². The Balaban J connectivity index is 1.61. The van der Waals surface area contributed by atoms with Crippen molar-refractivity contribution in [2.75, 3.05) is 5.32 Å². The minimum atomic E-state index is -0.449. The third-order valence-corrected chi connectivity index (χ3v) is 5.64. The molecule has 160 valence electrons. The van der Waals surface area contributed by atoms with Gasteiger partial charge in [0.05, 0.1) is 15.7 Å². The number of hydrogen-bond acceptors (Lipinski definition) is 3. The minimum Gasteiger partial charge on any atom is -0.486 e. The maximum Gasteiger partial charge on any atom is 0.339 e. The number of anilines is 1. The number of benzene rings is 3. The van der Waals surface area contributed by atoms with Gasteiger partial charge in [0.2, 0.25) is 0 Å². The number of urea groups is 1. The second-order valence-electron chi connectivity index (χ2n) is 6.48. The molecule has 0 saturated heterocycles. The number of nitrogens with one attached hydrogen (secondary N) is 2. The first-order valence-corrected chi connectivity index (χ1v) is 11.0. The van der Waals surface area contributed by atoms with Gasteiger partial charge >= 0.3 is 6.03 Å². The molecule has 0 spiro atoms. The Morgan fingerprint density at radius 3 is 2.58 bits per heavy atom. The van der Waals surface area contributed by atoms with E-state index in [-0.39, 0.29) is 6.61 Å². The molecule has 9 heteroatoms. The first-order valence-electron chi connectivity index (χ1n) is 9.05. The lowest BCUT2D eigenvalue weighted by atomic mass is 10.2. The Hall–Kier alpha value is -2.25. The molecule has 31 heavy (non-hydrogen) atoms. The number of carbonyl (C=O) groups is 1. The van der Waals surface area contributed by atoms with Crippen molar-refractivity contribution in [3.63, 3.8) is 0 Å². The van der Waals surface area contributed by atoms with E-state index in [2.05, 4.69) is 31.8 Å². The maximum atomic E-state index is 12.0. The number of ether oxygens (including phenoxy) is 1. The van der Waals surface area contributed by atoms with Crippen LogP contribution in [0.15, 0.2) is 64.2 Å². The Kier molecular flexibility index (Phi) is 8.21. The van der Waals surface area contributed by atoms with Crippen molar-refractivity contribution < 1.29 is 9.53 Å². The van der Waals surface area contributed by atoms with E-state index in [1.54, 1.807) is 30.3 Å². The zero-order chi connectivity index (χ0) is 22.4. The molecule has 0 bridgehead atoms. The lowest BCUT2D eigenvalue weighted by Gasteiger charge is -2.12. The van der Waals surface area contributed by atoms with Crippen LogP contribution in [0.5, 0.6) is 5.75 Å². The van der Waals surface area contributed by atoms with E-state index in [1.165, 1.54) is 6.21 Å². The molecule has 0 aromatic heterocycles. The van der Waals surface area contributed by atoms with Crippen molar-refractivity contribution in [3.05, 3.63) is 90.8 Å². The molecule has 3 aromatic rings. The van der Waals surface area contributed by atoms with E-state index < -0.39 is 6.03 Å². The van der Waals surface area contributed by atoms with Crippen molar-refractivity contribution >= 4 is 68.7 Å². The fraction of sp³-hybridized carbons (Fsp3) is 0.0909. The molecule has 3 aromatic carbocycles. The highest BCUT2D eigenvalue weighted by atomic mass is 79.9. The lowest BCUT2D eigenvalue weighted by Crippen LogP contribution is -2.24. The number of para-hydroxylation sites is 1. The predicted octanol–water partition coefficient (Wildman–Crippen LogP) is 7.45. The molecule has 0 aliphatic rings. The molecule has 3 rings (SSSR count). The SMILES string of the molecule is Cc1ccccc1NC(=O)NN=Cc1cc(Cl)c(OCc2ccc(Cl)cc2Cl)c(Br)c1. The van der Waals surface area contributed by atoms with Gasteiger partial charge in [-0.05, 0) is 64.3 Å². The number of amides is 2. The molecule has 0 aliphatic heterocycles. The van der Waals surface area contributed by atoms with Crippen LogP contribution >= 0.6 is 50.7 Å². The fourth-order valence-corrected chi connectivity index (χ4v) is 4.06. The van der Waals surface area contributed by atoms with Crippen molar-refractivity contribution in [2.24, 2.45) is 5.10 Å². The predicted molar refractivity (Wildman–Crippen MR) is 131 cm³/mol. The van der Waals surface area contributed by atoms with E-state index in [4.69, 9.17) is 39.5 Å². The van der Waals surface area contributed by atoms with Gasteiger partial charge in [0.15, 0.2) is 5.75 Å². The third-order valence-electron chi connectivity index (χ3n) is 4.18. The van der Waals surface area contributed by atoms with Gasteiger partial charge in [-0.25, -0.2) is 10.2 Å². The summed E-state index contributed by atoms with van der Waals surface area (Å²) in [4.78, 5) is 12.0. The molecule has 0 fully saturated rings. The van der Waals surface area contributed by atoms with Gasteiger partial charge in [-0.2, -0.15) is 5.10 Å². The van der Waals surface area contributed by atoms with Gasteiger partial charge in [0.25, 0.3) is 0 Å². The van der Waals surface area contributed by atoms with Crippen molar-refractivity contribution in [1.82, 2.24) is 5.43 Å². The molecule has 0 unspecified atom stereocenters. The van der Waals surface area contributed by atoms with Crippen LogP contribution in [0.3, 0.4) is 0 Å². The molecular formula is C22H17BrCl3N3O2. The number of carbonyl (C=O) groups excluding carboxylic acids is 1. The first kappa shape index (κ1) is 23.4. The van der Waals surface area contributed by atoms with Crippen molar-refractivity contribution in [1.29, 1.82) is 0 Å². The number of rotatable bonds is 6. The average Bonchev–Trinajstić information content (AvgIpc) is 2.70. The van der Waals surface area contributed by atoms with Gasteiger partial charge in [-0.3, -0.25) is 0 Å². The van der Waals surface area contributed by atoms with Gasteiger partial charge in [-0.1, -0.05) is 59.1 Å². The highest BCUT2D eigenvalue weighted by molar-refractivity contribution is 9.10. The number of nitrogens with zero attached hydrogens (tertiary/aromatic N) is 1. The zero-order valence-electron chi connectivity index (χ0n) is 16.3. The Labute approximate surface area is 203 Å². The summed E-state index contributed by atoms with van der Waals surface area (Å²) in [6.07, 6.45) is 1.48. The van der Waals surface area contributed by atoms with Gasteiger partial charge in [0.1, 0.15) is 6.61 Å². The average molecular weight is 542 g/mol. The van der Waals surface area contributed by atoms with Crippen LogP contribution in [0.1, 0.15) is 16.7 Å². The van der Waals surface area contributed by atoms with E-state index in [0.29, 0.717) is 36.5 Å². The Morgan fingerprint density at radius 2 is 1.87 bits per heavy atom. The quantitative estimate of drug-likeness (QED) is 0.251. The van der Waals surface area contributed by atoms with Crippen LogP contribution in [0, 0.1) is 6.92 Å². The summed E-state index contributed by atoms with van der Waals surface area (Å²) in [7, 11) is 0. The topological polar surface area (TPSA) is 62.7 Å². The first-order chi connectivity index (χ1) is 14.8. The molecule has 0 radical (unpaired) electrons. The lowest BCUT2D eigenvalue weighted by molar-refractivity contribution is 0.252. The highest BCUT2D eigenvalue weighted by Crippen LogP contribution is 2.35. The van der Waals surface area contributed by atoms with Crippen LogP contribution < -0.4 is 15.5 Å². The summed E-state index contributed by atoms with van der Waals surface area (Å²) >= 11 is 21.9. The second-order valence-corrected chi connectivity index (χ2v) is 8.58. The van der Waals surface area contributed by atoms with Crippen molar-refractivity contribution in [2.45, 2.75) is 13.5 Å². The molecule has 0 heterocycles. The van der Waals surface area contributed by atoms with Gasteiger partial charge in [0, 0.05) is 21.3 Å². The molecule has 5 nitrogen and oxygen atoms in total. The molecule has 2 N–H and O–H groups in total. The number of hydrogen-bond donors (Lipinski definition) is 2. The standard InChI is InChI=1S/C22H17BrCl3N3O2/c1-13-4-2-3-5-20(13)28-22(30)29-27-11-14-8-17(23)21(19(26)9-14)31-12-15-6-7-16(24)10-18(15)25/h2-11H,12H2,1H3,(H2,28,29,30). The van der Waals surface area contributed by atoms with Crippen LogP contribution in [0.25, 0.3) is 0 Å². The maximum absolute atomic E-state index is 12.0. The summed E-state index contributed by atoms with van der Waals surface area (Å²) in [6.45, 7) is 2.13. The summed E-state index contributed by atoms with van der Waals surface area (Å²) in [5, 5.41) is 8.13. The van der Waals surface area contributed by atoms with Crippen LogP contribution in [0.4, 0.5) is 10.5 Å². The largest absolute Gasteiger partial charge is 0.486 e. The van der Waals surface area contributed by atoms with Crippen LogP contribution in [-0.2, 0) is 6.61 Å². The molecule has 0 saturated carbocycles. The Morgan fingerprint density at radius 1 is 1.10 bits per heavy atom. The van der Waals surface area contributed by atoms with Gasteiger partial charge in [-0.15, -0.1) is 0 Å². The van der Waals surface area contributed by atoms with E-state index in [9.17, 15) is 4.79 Å². The number of aryl methyl sites for hydroxylation is 1. The zero-order valence-corrected chi connectivity index (χ0v) is 20.1. The fourth-order valence-electron chi connectivity index (χ4n) is 2.61. The summed E-state index contributed by atoms with van der Waals surface area (Å²) in [5.74, 6) is 0.468. The van der Waals surface area contributed by atoms with Gasteiger partial charge < -0.3 is 10.1 Å². The minimum absolute atomic E-state index is 0.225. The third kappa shape index (κ3) is 6.61.